The number of benzene rings is 1. The minimum Gasteiger partial charge on any atom is -0.465 e. The Hall–Kier alpha value is -1.75. The molecule has 1 rings (SSSR count). The van der Waals surface area contributed by atoms with Crippen LogP contribution in [0.25, 0.3) is 0 Å². The summed E-state index contributed by atoms with van der Waals surface area (Å²) in [5, 5.41) is 3.30. The van der Waals surface area contributed by atoms with Crippen molar-refractivity contribution in [3.05, 3.63) is 23.8 Å². The summed E-state index contributed by atoms with van der Waals surface area (Å²) in [6.45, 7) is 6.23. The summed E-state index contributed by atoms with van der Waals surface area (Å²) >= 11 is 0. The van der Waals surface area contributed by atoms with Crippen LogP contribution in [0.15, 0.2) is 18.2 Å². The maximum atomic E-state index is 11.5. The zero-order valence-electron chi connectivity index (χ0n) is 12.8. The fraction of sp³-hybridized carbons (Fsp3) is 0.533. The van der Waals surface area contributed by atoms with Gasteiger partial charge in [0.1, 0.15) is 0 Å². The molecule has 0 amide bonds. The molecule has 3 N–H and O–H groups in total. The van der Waals surface area contributed by atoms with Crippen LogP contribution in [0, 0.1) is 0 Å². The van der Waals surface area contributed by atoms with Gasteiger partial charge in [0, 0.05) is 24.0 Å². The molecule has 5 heteroatoms. The first kappa shape index (κ1) is 16.3. The van der Waals surface area contributed by atoms with E-state index in [-0.39, 0.29) is 0 Å². The standard InChI is InChI=1S/C15H25N3O2/c1-11(2)18(3)9-5-8-17-12-6-7-14(16)13(10-12)15(19)20-4/h6-7,10-11,17H,5,8-9,16H2,1-4H3. The van der Waals surface area contributed by atoms with Gasteiger partial charge in [-0.15, -0.1) is 0 Å². The van der Waals surface area contributed by atoms with E-state index in [4.69, 9.17) is 10.5 Å². The quantitative estimate of drug-likeness (QED) is 0.455. The van der Waals surface area contributed by atoms with Crippen LogP contribution in [0.5, 0.6) is 0 Å². The average Bonchev–Trinajstić information content (AvgIpc) is 2.43. The van der Waals surface area contributed by atoms with Gasteiger partial charge in [-0.2, -0.15) is 0 Å². The Morgan fingerprint density at radius 1 is 1.45 bits per heavy atom. The molecule has 0 saturated carbocycles. The van der Waals surface area contributed by atoms with Crippen LogP contribution in [0.2, 0.25) is 0 Å². The summed E-state index contributed by atoms with van der Waals surface area (Å²) in [7, 11) is 3.47. The first-order valence-corrected chi connectivity index (χ1v) is 6.87. The Bertz CT molecular complexity index is 447. The Labute approximate surface area is 121 Å². The largest absolute Gasteiger partial charge is 0.465 e. The van der Waals surface area contributed by atoms with Gasteiger partial charge in [-0.3, -0.25) is 0 Å². The Kier molecular flexibility index (Phi) is 6.31. The second kappa shape index (κ2) is 7.75. The zero-order chi connectivity index (χ0) is 15.1. The fourth-order valence-electron chi connectivity index (χ4n) is 1.77. The number of ether oxygens (including phenoxy) is 1. The minimum atomic E-state index is -0.411. The highest BCUT2D eigenvalue weighted by Crippen LogP contribution is 2.18. The van der Waals surface area contributed by atoms with Crippen molar-refractivity contribution in [2.24, 2.45) is 0 Å². The summed E-state index contributed by atoms with van der Waals surface area (Å²) in [5.41, 5.74) is 7.47. The number of esters is 1. The molecule has 0 atom stereocenters. The van der Waals surface area contributed by atoms with Crippen molar-refractivity contribution in [1.29, 1.82) is 0 Å². The molecule has 0 spiro atoms. The van der Waals surface area contributed by atoms with Gasteiger partial charge in [0.2, 0.25) is 0 Å². The molecule has 0 unspecified atom stereocenters. The molecule has 0 fully saturated rings. The molecule has 0 bridgehead atoms. The number of carbonyl (C=O) groups is 1. The first-order chi connectivity index (χ1) is 9.45. The fourth-order valence-corrected chi connectivity index (χ4v) is 1.77. The lowest BCUT2D eigenvalue weighted by Gasteiger charge is -2.20. The summed E-state index contributed by atoms with van der Waals surface area (Å²) in [4.78, 5) is 13.8. The van der Waals surface area contributed by atoms with E-state index in [2.05, 4.69) is 31.1 Å². The number of nitrogens with one attached hydrogen (secondary N) is 1. The van der Waals surface area contributed by atoms with Gasteiger partial charge in [-0.05, 0) is 52.1 Å². The molecule has 0 aliphatic carbocycles. The van der Waals surface area contributed by atoms with Gasteiger partial charge >= 0.3 is 5.97 Å². The third-order valence-electron chi connectivity index (χ3n) is 3.36. The van der Waals surface area contributed by atoms with Gasteiger partial charge in [0.25, 0.3) is 0 Å². The van der Waals surface area contributed by atoms with E-state index in [1.165, 1.54) is 7.11 Å². The Balaban J connectivity index is 2.51. The van der Waals surface area contributed by atoms with Crippen molar-refractivity contribution in [2.45, 2.75) is 26.3 Å². The van der Waals surface area contributed by atoms with E-state index in [1.54, 1.807) is 12.1 Å². The van der Waals surface area contributed by atoms with Gasteiger partial charge in [-0.1, -0.05) is 0 Å². The SMILES string of the molecule is COC(=O)c1cc(NCCCN(C)C(C)C)ccc1N. The van der Waals surface area contributed by atoms with E-state index < -0.39 is 5.97 Å². The van der Waals surface area contributed by atoms with E-state index >= 15 is 0 Å². The van der Waals surface area contributed by atoms with Gasteiger partial charge in [0.15, 0.2) is 0 Å². The predicted octanol–water partition coefficient (Wildman–Crippen LogP) is 2.20. The molecule has 112 valence electrons. The number of hydrogen-bond donors (Lipinski definition) is 2. The summed E-state index contributed by atoms with van der Waals surface area (Å²) in [6.07, 6.45) is 1.03. The Morgan fingerprint density at radius 3 is 2.75 bits per heavy atom. The van der Waals surface area contributed by atoms with Gasteiger partial charge < -0.3 is 20.7 Å². The molecule has 20 heavy (non-hydrogen) atoms. The van der Waals surface area contributed by atoms with Crippen molar-refractivity contribution in [3.63, 3.8) is 0 Å². The first-order valence-electron chi connectivity index (χ1n) is 6.87. The molecule has 0 aliphatic heterocycles. The topological polar surface area (TPSA) is 67.6 Å². The molecule has 5 nitrogen and oxygen atoms in total. The van der Waals surface area contributed by atoms with Crippen LogP contribution in [0.1, 0.15) is 30.6 Å². The highest BCUT2D eigenvalue weighted by atomic mass is 16.5. The molecular formula is C15H25N3O2. The number of nitrogens with zero attached hydrogens (tertiary/aromatic N) is 1. The number of anilines is 2. The smallest absolute Gasteiger partial charge is 0.340 e. The van der Waals surface area contributed by atoms with Crippen LogP contribution in [0.3, 0.4) is 0 Å². The zero-order valence-corrected chi connectivity index (χ0v) is 12.8. The molecule has 0 heterocycles. The lowest BCUT2D eigenvalue weighted by atomic mass is 10.1. The van der Waals surface area contributed by atoms with Gasteiger partial charge in [0.05, 0.1) is 12.7 Å². The normalized spacial score (nSPS) is 10.9. The Morgan fingerprint density at radius 2 is 2.15 bits per heavy atom. The molecule has 0 saturated heterocycles. The van der Waals surface area contributed by atoms with Crippen molar-refractivity contribution < 1.29 is 9.53 Å². The molecule has 1 aromatic rings. The van der Waals surface area contributed by atoms with Crippen molar-refractivity contribution in [3.8, 4) is 0 Å². The highest BCUT2D eigenvalue weighted by Gasteiger charge is 2.10. The maximum absolute atomic E-state index is 11.5. The number of nitrogen functional groups attached to an aromatic ring is 1. The third kappa shape index (κ3) is 4.74. The van der Waals surface area contributed by atoms with Crippen molar-refractivity contribution in [2.75, 3.05) is 38.3 Å². The summed E-state index contributed by atoms with van der Waals surface area (Å²) in [6, 6.07) is 5.87. The van der Waals surface area contributed by atoms with Crippen LogP contribution in [-0.2, 0) is 4.74 Å². The van der Waals surface area contributed by atoms with E-state index in [0.29, 0.717) is 17.3 Å². The lowest BCUT2D eigenvalue weighted by molar-refractivity contribution is 0.0602. The van der Waals surface area contributed by atoms with Crippen molar-refractivity contribution >= 4 is 17.3 Å². The number of nitrogens with two attached hydrogens (primary N) is 1. The monoisotopic (exact) mass is 279 g/mol. The summed E-state index contributed by atoms with van der Waals surface area (Å²) in [5.74, 6) is -0.411. The van der Waals surface area contributed by atoms with E-state index in [0.717, 1.165) is 25.2 Å². The number of rotatable bonds is 7. The second-order valence-corrected chi connectivity index (χ2v) is 5.15. The molecule has 0 aromatic heterocycles. The van der Waals surface area contributed by atoms with Crippen LogP contribution < -0.4 is 11.1 Å². The molecule has 1 aromatic carbocycles. The third-order valence-corrected chi connectivity index (χ3v) is 3.36. The van der Waals surface area contributed by atoms with Crippen LogP contribution in [0.4, 0.5) is 11.4 Å². The van der Waals surface area contributed by atoms with Crippen molar-refractivity contribution in [1.82, 2.24) is 4.90 Å². The minimum absolute atomic E-state index is 0.400. The second-order valence-electron chi connectivity index (χ2n) is 5.15. The van der Waals surface area contributed by atoms with E-state index in [1.807, 2.05) is 6.07 Å². The average molecular weight is 279 g/mol. The van der Waals surface area contributed by atoms with Crippen LogP contribution >= 0.6 is 0 Å². The molecular weight excluding hydrogens is 254 g/mol. The summed E-state index contributed by atoms with van der Waals surface area (Å²) < 4.78 is 4.70. The number of carbonyl (C=O) groups excluding carboxylic acids is 1. The lowest BCUT2D eigenvalue weighted by Crippen LogP contribution is -2.28. The van der Waals surface area contributed by atoms with Gasteiger partial charge in [-0.25, -0.2) is 4.79 Å². The number of hydrogen-bond acceptors (Lipinski definition) is 5. The number of methoxy groups -OCH3 is 1. The highest BCUT2D eigenvalue weighted by molar-refractivity contribution is 5.96. The predicted molar refractivity (Wildman–Crippen MR) is 83.1 cm³/mol. The molecule has 0 radical (unpaired) electrons. The maximum Gasteiger partial charge on any atom is 0.340 e. The molecule has 0 aliphatic rings. The van der Waals surface area contributed by atoms with Crippen LogP contribution in [-0.4, -0.2) is 44.2 Å². The van der Waals surface area contributed by atoms with E-state index in [9.17, 15) is 4.79 Å².